The Hall–Kier alpha value is 0.160. The SMILES string of the molecule is CC(C(N)=O)[NH+]1CCCC1.[I-]. The van der Waals surface area contributed by atoms with E-state index in [4.69, 9.17) is 5.73 Å². The first-order valence-electron chi connectivity index (χ1n) is 3.85. The predicted molar refractivity (Wildman–Crippen MR) is 38.6 cm³/mol. The molecule has 1 amide bonds. The second-order valence-electron chi connectivity index (χ2n) is 2.99. The molecule has 1 rings (SSSR count). The van der Waals surface area contributed by atoms with E-state index < -0.39 is 0 Å². The van der Waals surface area contributed by atoms with Crippen LogP contribution in [0, 0.1) is 0 Å². The molecule has 11 heavy (non-hydrogen) atoms. The van der Waals surface area contributed by atoms with Crippen LogP contribution in [0.15, 0.2) is 0 Å². The summed E-state index contributed by atoms with van der Waals surface area (Å²) in [6, 6.07) is 0.0162. The number of likely N-dealkylation sites (tertiary alicyclic amines) is 1. The van der Waals surface area contributed by atoms with E-state index in [0.717, 1.165) is 13.1 Å². The van der Waals surface area contributed by atoms with Crippen LogP contribution in [-0.4, -0.2) is 25.0 Å². The summed E-state index contributed by atoms with van der Waals surface area (Å²) < 4.78 is 0. The number of nitrogens with two attached hydrogens (primary N) is 1. The van der Waals surface area contributed by atoms with Gasteiger partial charge in [0.15, 0.2) is 6.04 Å². The second-order valence-corrected chi connectivity index (χ2v) is 2.99. The monoisotopic (exact) mass is 270 g/mol. The highest BCUT2D eigenvalue weighted by atomic mass is 127. The first-order valence-corrected chi connectivity index (χ1v) is 3.85. The highest BCUT2D eigenvalue weighted by Crippen LogP contribution is 1.89. The summed E-state index contributed by atoms with van der Waals surface area (Å²) in [6.45, 7) is 4.14. The van der Waals surface area contributed by atoms with Crippen LogP contribution < -0.4 is 34.6 Å². The maximum absolute atomic E-state index is 10.7. The minimum absolute atomic E-state index is 0. The Labute approximate surface area is 84.3 Å². The van der Waals surface area contributed by atoms with E-state index in [0.29, 0.717) is 0 Å². The topological polar surface area (TPSA) is 47.5 Å². The van der Waals surface area contributed by atoms with Crippen LogP contribution in [0.4, 0.5) is 0 Å². The summed E-state index contributed by atoms with van der Waals surface area (Å²) in [5.74, 6) is -0.170. The largest absolute Gasteiger partial charge is 1.00 e. The van der Waals surface area contributed by atoms with E-state index in [1.807, 2.05) is 6.92 Å². The molecule has 0 spiro atoms. The van der Waals surface area contributed by atoms with Gasteiger partial charge in [-0.05, 0) is 6.92 Å². The molecular formula is C7H15IN2O. The molecule has 1 fully saturated rings. The molecular weight excluding hydrogens is 255 g/mol. The number of rotatable bonds is 2. The average molecular weight is 270 g/mol. The number of primary amides is 1. The molecule has 1 unspecified atom stereocenters. The zero-order valence-corrected chi connectivity index (χ0v) is 8.93. The highest BCUT2D eigenvalue weighted by Gasteiger charge is 2.25. The molecule has 66 valence electrons. The molecule has 1 aliphatic rings. The van der Waals surface area contributed by atoms with E-state index in [1.165, 1.54) is 17.7 Å². The van der Waals surface area contributed by atoms with E-state index in [-0.39, 0.29) is 35.9 Å². The van der Waals surface area contributed by atoms with Gasteiger partial charge in [-0.1, -0.05) is 0 Å². The van der Waals surface area contributed by atoms with Crippen LogP contribution in [0.5, 0.6) is 0 Å². The lowest BCUT2D eigenvalue weighted by molar-refractivity contribution is -0.901. The van der Waals surface area contributed by atoms with Crippen molar-refractivity contribution in [3.8, 4) is 0 Å². The van der Waals surface area contributed by atoms with Crippen molar-refractivity contribution in [1.29, 1.82) is 0 Å². The van der Waals surface area contributed by atoms with E-state index in [1.54, 1.807) is 0 Å². The molecule has 1 saturated heterocycles. The van der Waals surface area contributed by atoms with Crippen molar-refractivity contribution < 1.29 is 33.7 Å². The minimum Gasteiger partial charge on any atom is -1.00 e. The highest BCUT2D eigenvalue weighted by molar-refractivity contribution is 5.77. The second kappa shape index (κ2) is 4.92. The molecule has 4 heteroatoms. The van der Waals surface area contributed by atoms with Crippen LogP contribution in [0.2, 0.25) is 0 Å². The van der Waals surface area contributed by atoms with Crippen molar-refractivity contribution >= 4 is 5.91 Å². The molecule has 0 aromatic heterocycles. The lowest BCUT2D eigenvalue weighted by Gasteiger charge is -2.16. The molecule has 1 heterocycles. The quantitative estimate of drug-likeness (QED) is 0.489. The van der Waals surface area contributed by atoms with Gasteiger partial charge in [-0.25, -0.2) is 0 Å². The van der Waals surface area contributed by atoms with Crippen LogP contribution in [-0.2, 0) is 4.79 Å². The molecule has 0 aromatic carbocycles. The number of amides is 1. The van der Waals surface area contributed by atoms with Crippen molar-refractivity contribution in [2.24, 2.45) is 5.73 Å². The minimum atomic E-state index is -0.170. The van der Waals surface area contributed by atoms with Crippen molar-refractivity contribution in [2.45, 2.75) is 25.8 Å². The standard InChI is InChI=1S/C7H14N2O.HI/c1-6(7(8)10)9-4-2-3-5-9;/h6H,2-5H2,1H3,(H2,8,10);1H. The van der Waals surface area contributed by atoms with Gasteiger partial charge in [-0.2, -0.15) is 0 Å². The third-order valence-corrected chi connectivity index (χ3v) is 2.28. The lowest BCUT2D eigenvalue weighted by Crippen LogP contribution is -3.14. The maximum Gasteiger partial charge on any atom is 0.275 e. The summed E-state index contributed by atoms with van der Waals surface area (Å²) in [7, 11) is 0. The maximum atomic E-state index is 10.7. The zero-order chi connectivity index (χ0) is 7.56. The van der Waals surface area contributed by atoms with Crippen LogP contribution in [0.3, 0.4) is 0 Å². The number of hydrogen-bond donors (Lipinski definition) is 2. The summed E-state index contributed by atoms with van der Waals surface area (Å²) in [5.41, 5.74) is 5.16. The lowest BCUT2D eigenvalue weighted by atomic mass is 10.3. The Balaban J connectivity index is 0.000001000. The van der Waals surface area contributed by atoms with Crippen molar-refractivity contribution in [2.75, 3.05) is 13.1 Å². The average Bonchev–Trinajstić information content (AvgIpc) is 2.36. The van der Waals surface area contributed by atoms with Crippen LogP contribution >= 0.6 is 0 Å². The Bertz CT molecular complexity index is 134. The van der Waals surface area contributed by atoms with Gasteiger partial charge in [0, 0.05) is 12.8 Å². The fourth-order valence-corrected chi connectivity index (χ4v) is 1.46. The fourth-order valence-electron chi connectivity index (χ4n) is 1.46. The molecule has 3 nitrogen and oxygen atoms in total. The summed E-state index contributed by atoms with van der Waals surface area (Å²) in [6.07, 6.45) is 2.49. The Morgan fingerprint density at radius 2 is 1.91 bits per heavy atom. The van der Waals surface area contributed by atoms with Gasteiger partial charge in [0.05, 0.1) is 13.1 Å². The molecule has 1 aliphatic heterocycles. The predicted octanol–water partition coefficient (Wildman–Crippen LogP) is -4.46. The number of halogens is 1. The summed E-state index contributed by atoms with van der Waals surface area (Å²) in [4.78, 5) is 12.0. The fraction of sp³-hybridized carbons (Fsp3) is 0.857. The summed E-state index contributed by atoms with van der Waals surface area (Å²) >= 11 is 0. The van der Waals surface area contributed by atoms with Crippen molar-refractivity contribution in [3.05, 3.63) is 0 Å². The Kier molecular flexibility index (Phi) is 4.99. The molecule has 0 aliphatic carbocycles. The number of carbonyl (C=O) groups excluding carboxylic acids is 1. The number of carbonyl (C=O) groups is 1. The normalized spacial score (nSPS) is 20.8. The first-order chi connectivity index (χ1) is 4.72. The third-order valence-electron chi connectivity index (χ3n) is 2.28. The molecule has 1 atom stereocenters. The van der Waals surface area contributed by atoms with E-state index in [2.05, 4.69) is 0 Å². The molecule has 0 bridgehead atoms. The van der Waals surface area contributed by atoms with E-state index in [9.17, 15) is 4.79 Å². The van der Waals surface area contributed by atoms with Crippen LogP contribution in [0.25, 0.3) is 0 Å². The molecule has 0 radical (unpaired) electrons. The van der Waals surface area contributed by atoms with Gasteiger partial charge in [-0.3, -0.25) is 4.79 Å². The molecule has 0 aromatic rings. The number of quaternary nitrogens is 1. The Morgan fingerprint density at radius 3 is 2.27 bits per heavy atom. The van der Waals surface area contributed by atoms with Gasteiger partial charge < -0.3 is 34.6 Å². The van der Waals surface area contributed by atoms with Gasteiger partial charge >= 0.3 is 0 Å². The zero-order valence-electron chi connectivity index (χ0n) is 6.77. The van der Waals surface area contributed by atoms with E-state index >= 15 is 0 Å². The number of hydrogen-bond acceptors (Lipinski definition) is 1. The summed E-state index contributed by atoms with van der Waals surface area (Å²) in [5, 5.41) is 0. The van der Waals surface area contributed by atoms with Crippen molar-refractivity contribution in [1.82, 2.24) is 0 Å². The molecule has 3 N–H and O–H groups in total. The van der Waals surface area contributed by atoms with Crippen LogP contribution in [0.1, 0.15) is 19.8 Å². The first kappa shape index (κ1) is 11.2. The van der Waals surface area contributed by atoms with Gasteiger partial charge in [0.2, 0.25) is 0 Å². The smallest absolute Gasteiger partial charge is 0.275 e. The number of nitrogens with one attached hydrogen (secondary N) is 1. The molecule has 0 saturated carbocycles. The van der Waals surface area contributed by atoms with Gasteiger partial charge in [0.1, 0.15) is 0 Å². The third kappa shape index (κ3) is 2.94. The van der Waals surface area contributed by atoms with Gasteiger partial charge in [-0.15, -0.1) is 0 Å². The van der Waals surface area contributed by atoms with Crippen molar-refractivity contribution in [3.63, 3.8) is 0 Å². The Morgan fingerprint density at radius 1 is 1.45 bits per heavy atom. The van der Waals surface area contributed by atoms with Gasteiger partial charge in [0.25, 0.3) is 5.91 Å².